The van der Waals surface area contributed by atoms with Gasteiger partial charge in [-0.1, -0.05) is 72.8 Å². The highest BCUT2D eigenvalue weighted by atomic mass is 16.5. The zero-order valence-electron chi connectivity index (χ0n) is 16.3. The Labute approximate surface area is 173 Å². The van der Waals surface area contributed by atoms with E-state index < -0.39 is 0 Å². The highest BCUT2D eigenvalue weighted by Gasteiger charge is 2.13. The number of carbonyl (C=O) groups excluding carboxylic acids is 1. The molecular weight excluding hydrogens is 378 g/mol. The summed E-state index contributed by atoms with van der Waals surface area (Å²) in [7, 11) is 0. The molecular formula is C24H21N3O3. The predicted octanol–water partition coefficient (Wildman–Crippen LogP) is 3.57. The number of nitrogens with one attached hydrogen (secondary N) is 2. The van der Waals surface area contributed by atoms with Crippen molar-refractivity contribution in [3.63, 3.8) is 0 Å². The quantitative estimate of drug-likeness (QED) is 0.498. The maximum atomic E-state index is 12.6. The summed E-state index contributed by atoms with van der Waals surface area (Å²) >= 11 is 0. The summed E-state index contributed by atoms with van der Waals surface area (Å²) in [6, 6.07) is 24.8. The molecule has 30 heavy (non-hydrogen) atoms. The first-order valence-electron chi connectivity index (χ1n) is 9.66. The molecule has 0 radical (unpaired) electrons. The number of aromatic amines is 1. The van der Waals surface area contributed by atoms with Gasteiger partial charge in [-0.3, -0.25) is 9.59 Å². The molecule has 0 atom stereocenters. The Balaban J connectivity index is 1.38. The molecule has 1 heterocycles. The lowest BCUT2D eigenvalue weighted by Crippen LogP contribution is -2.26. The minimum Gasteiger partial charge on any atom is -0.372 e. The lowest BCUT2D eigenvalue weighted by molar-refractivity contribution is 0.0946. The molecule has 1 amide bonds. The van der Waals surface area contributed by atoms with Crippen molar-refractivity contribution >= 4 is 16.7 Å². The molecule has 0 saturated carbocycles. The van der Waals surface area contributed by atoms with Crippen LogP contribution in [-0.2, 0) is 24.5 Å². The number of hydrogen-bond donors (Lipinski definition) is 2. The van der Waals surface area contributed by atoms with Gasteiger partial charge in [0.15, 0.2) is 5.69 Å². The molecule has 2 N–H and O–H groups in total. The maximum Gasteiger partial charge on any atom is 0.272 e. The second-order valence-electron chi connectivity index (χ2n) is 6.93. The van der Waals surface area contributed by atoms with Crippen LogP contribution in [0.4, 0.5) is 0 Å². The van der Waals surface area contributed by atoms with Crippen LogP contribution in [0.2, 0.25) is 0 Å². The first-order valence-corrected chi connectivity index (χ1v) is 9.66. The Kier molecular flexibility index (Phi) is 5.96. The van der Waals surface area contributed by atoms with Gasteiger partial charge in [0.2, 0.25) is 0 Å². The number of benzene rings is 3. The number of H-pyrrole nitrogens is 1. The molecule has 6 heteroatoms. The van der Waals surface area contributed by atoms with Crippen molar-refractivity contribution in [3.05, 3.63) is 112 Å². The van der Waals surface area contributed by atoms with Gasteiger partial charge < -0.3 is 10.1 Å². The van der Waals surface area contributed by atoms with Crippen LogP contribution in [0, 0.1) is 0 Å². The maximum absolute atomic E-state index is 12.6. The number of ether oxygens (including phenoxy) is 1. The molecule has 0 saturated heterocycles. The van der Waals surface area contributed by atoms with Crippen molar-refractivity contribution < 1.29 is 9.53 Å². The summed E-state index contributed by atoms with van der Waals surface area (Å²) < 4.78 is 5.78. The van der Waals surface area contributed by atoms with E-state index in [-0.39, 0.29) is 17.2 Å². The summed E-state index contributed by atoms with van der Waals surface area (Å²) in [5.74, 6) is -0.340. The normalized spacial score (nSPS) is 10.8. The lowest BCUT2D eigenvalue weighted by Gasteiger charge is -2.09. The van der Waals surface area contributed by atoms with Crippen LogP contribution in [0.1, 0.15) is 27.2 Å². The summed E-state index contributed by atoms with van der Waals surface area (Å²) in [6.45, 7) is 1.38. The Morgan fingerprint density at radius 3 is 2.33 bits per heavy atom. The molecule has 6 nitrogen and oxygen atoms in total. The van der Waals surface area contributed by atoms with Crippen LogP contribution < -0.4 is 10.9 Å². The zero-order chi connectivity index (χ0) is 20.8. The van der Waals surface area contributed by atoms with E-state index >= 15 is 0 Å². The van der Waals surface area contributed by atoms with Crippen LogP contribution in [0.15, 0.2) is 83.7 Å². The van der Waals surface area contributed by atoms with Crippen molar-refractivity contribution in [2.75, 3.05) is 0 Å². The van der Waals surface area contributed by atoms with E-state index in [0.29, 0.717) is 30.5 Å². The third kappa shape index (κ3) is 4.61. The van der Waals surface area contributed by atoms with Crippen LogP contribution in [0.5, 0.6) is 0 Å². The molecule has 150 valence electrons. The smallest absolute Gasteiger partial charge is 0.272 e. The second kappa shape index (κ2) is 9.15. The molecule has 0 aliphatic heterocycles. The van der Waals surface area contributed by atoms with Gasteiger partial charge in [0.25, 0.3) is 11.5 Å². The fourth-order valence-corrected chi connectivity index (χ4v) is 3.24. The third-order valence-electron chi connectivity index (χ3n) is 4.74. The van der Waals surface area contributed by atoms with Gasteiger partial charge in [-0.2, -0.15) is 5.10 Å². The largest absolute Gasteiger partial charge is 0.372 e. The Morgan fingerprint density at radius 2 is 1.50 bits per heavy atom. The highest BCUT2D eigenvalue weighted by molar-refractivity contribution is 6.04. The number of rotatable bonds is 7. The van der Waals surface area contributed by atoms with Crippen molar-refractivity contribution in [2.24, 2.45) is 0 Å². The third-order valence-corrected chi connectivity index (χ3v) is 4.74. The summed E-state index contributed by atoms with van der Waals surface area (Å²) in [5.41, 5.74) is 3.00. The van der Waals surface area contributed by atoms with Gasteiger partial charge >= 0.3 is 0 Å². The Morgan fingerprint density at radius 1 is 0.833 bits per heavy atom. The number of amides is 1. The number of nitrogens with zero attached hydrogens (tertiary/aromatic N) is 1. The molecule has 4 aromatic rings. The molecule has 0 bridgehead atoms. The number of hydrogen-bond acceptors (Lipinski definition) is 4. The van der Waals surface area contributed by atoms with Crippen molar-refractivity contribution in [1.29, 1.82) is 0 Å². The van der Waals surface area contributed by atoms with E-state index in [9.17, 15) is 9.59 Å². The summed E-state index contributed by atoms with van der Waals surface area (Å²) in [6.07, 6.45) is 0. The number of aromatic nitrogens is 2. The first kappa shape index (κ1) is 19.5. The van der Waals surface area contributed by atoms with E-state index in [1.54, 1.807) is 24.3 Å². The van der Waals surface area contributed by atoms with Gasteiger partial charge in [-0.25, -0.2) is 5.10 Å². The summed E-state index contributed by atoms with van der Waals surface area (Å²) in [5, 5.41) is 10.2. The number of fused-ring (bicyclic) bond motifs is 1. The minimum atomic E-state index is -0.340. The topological polar surface area (TPSA) is 84.1 Å². The fraction of sp³-hybridized carbons (Fsp3) is 0.125. The molecule has 1 aromatic heterocycles. The van der Waals surface area contributed by atoms with Crippen molar-refractivity contribution in [1.82, 2.24) is 15.5 Å². The van der Waals surface area contributed by atoms with E-state index in [1.165, 1.54) is 0 Å². The average Bonchev–Trinajstić information content (AvgIpc) is 2.79. The average molecular weight is 399 g/mol. The zero-order valence-corrected chi connectivity index (χ0v) is 16.3. The van der Waals surface area contributed by atoms with E-state index in [2.05, 4.69) is 15.5 Å². The van der Waals surface area contributed by atoms with Crippen LogP contribution in [0.3, 0.4) is 0 Å². The molecule has 0 aliphatic carbocycles. The van der Waals surface area contributed by atoms with Crippen LogP contribution in [0.25, 0.3) is 10.8 Å². The highest BCUT2D eigenvalue weighted by Crippen LogP contribution is 2.13. The Bertz CT molecular complexity index is 1220. The SMILES string of the molecule is O=C(NCc1cccc(COCc2ccccc2)c1)c1n[nH]c(=O)c2ccccc12. The van der Waals surface area contributed by atoms with Crippen molar-refractivity contribution in [2.45, 2.75) is 19.8 Å². The monoisotopic (exact) mass is 399 g/mol. The molecule has 0 spiro atoms. The Hall–Kier alpha value is -3.77. The molecule has 4 rings (SSSR count). The lowest BCUT2D eigenvalue weighted by atomic mass is 10.1. The molecule has 3 aromatic carbocycles. The van der Waals surface area contributed by atoms with Gasteiger partial charge in [0.05, 0.1) is 18.6 Å². The van der Waals surface area contributed by atoms with Crippen molar-refractivity contribution in [3.8, 4) is 0 Å². The fourth-order valence-electron chi connectivity index (χ4n) is 3.24. The van der Waals surface area contributed by atoms with Gasteiger partial charge in [-0.15, -0.1) is 0 Å². The van der Waals surface area contributed by atoms with E-state index in [0.717, 1.165) is 16.7 Å². The van der Waals surface area contributed by atoms with Crippen LogP contribution >= 0.6 is 0 Å². The first-order chi connectivity index (χ1) is 14.7. The number of carbonyl (C=O) groups is 1. The standard InChI is InChI=1S/C24H21N3O3/c28-23-21-12-5-4-11-20(21)22(26-27-23)24(29)25-14-18-9-6-10-19(13-18)16-30-15-17-7-2-1-3-8-17/h1-13H,14-16H2,(H,25,29)(H,27,28). The molecule has 0 unspecified atom stereocenters. The summed E-state index contributed by atoms with van der Waals surface area (Å²) in [4.78, 5) is 24.5. The predicted molar refractivity (Wildman–Crippen MR) is 115 cm³/mol. The van der Waals surface area contributed by atoms with Crippen LogP contribution in [-0.4, -0.2) is 16.1 Å². The van der Waals surface area contributed by atoms with E-state index in [1.807, 2.05) is 54.6 Å². The second-order valence-corrected chi connectivity index (χ2v) is 6.93. The van der Waals surface area contributed by atoms with Gasteiger partial charge in [-0.05, 0) is 22.8 Å². The molecule has 0 aliphatic rings. The van der Waals surface area contributed by atoms with Gasteiger partial charge in [0, 0.05) is 11.9 Å². The minimum absolute atomic E-state index is 0.201. The van der Waals surface area contributed by atoms with Gasteiger partial charge in [0.1, 0.15) is 0 Å². The molecule has 0 fully saturated rings. The van der Waals surface area contributed by atoms with E-state index in [4.69, 9.17) is 4.74 Å².